The summed E-state index contributed by atoms with van der Waals surface area (Å²) in [7, 11) is 0. The number of halogens is 1. The fourth-order valence-electron chi connectivity index (χ4n) is 1.76. The maximum absolute atomic E-state index is 11.0. The van der Waals surface area contributed by atoms with Crippen molar-refractivity contribution in [1.29, 1.82) is 0 Å². The quantitative estimate of drug-likeness (QED) is 0.826. The van der Waals surface area contributed by atoms with Crippen molar-refractivity contribution in [3.05, 3.63) is 33.9 Å². The standard InChI is InChI=1S/C11H13BrO2/c1-6-4-7(2)10(11(13)14)8(3)9(6)5-12/h4H,5H2,1-3H3,(H,13,14). The average molecular weight is 257 g/mol. The van der Waals surface area contributed by atoms with Crippen LogP contribution in [0.1, 0.15) is 32.6 Å². The molecule has 0 atom stereocenters. The molecule has 0 bridgehead atoms. The van der Waals surface area contributed by atoms with Gasteiger partial charge < -0.3 is 5.11 Å². The summed E-state index contributed by atoms with van der Waals surface area (Å²) in [6.07, 6.45) is 0. The summed E-state index contributed by atoms with van der Waals surface area (Å²) >= 11 is 3.37. The minimum Gasteiger partial charge on any atom is -0.478 e. The Balaban J connectivity index is 3.52. The zero-order valence-corrected chi connectivity index (χ0v) is 10.1. The highest BCUT2D eigenvalue weighted by Crippen LogP contribution is 2.24. The molecule has 0 aliphatic rings. The molecule has 0 spiro atoms. The van der Waals surface area contributed by atoms with Crippen molar-refractivity contribution >= 4 is 21.9 Å². The molecule has 0 unspecified atom stereocenters. The molecule has 0 amide bonds. The van der Waals surface area contributed by atoms with Gasteiger partial charge in [0.25, 0.3) is 0 Å². The molecule has 0 heterocycles. The number of benzene rings is 1. The van der Waals surface area contributed by atoms with Crippen LogP contribution in [0.3, 0.4) is 0 Å². The lowest BCUT2D eigenvalue weighted by Gasteiger charge is -2.12. The smallest absolute Gasteiger partial charge is 0.336 e. The van der Waals surface area contributed by atoms with Crippen LogP contribution >= 0.6 is 15.9 Å². The molecule has 1 N–H and O–H groups in total. The first-order valence-electron chi connectivity index (χ1n) is 4.38. The van der Waals surface area contributed by atoms with Gasteiger partial charge in [-0.2, -0.15) is 0 Å². The first-order chi connectivity index (χ1) is 6.49. The van der Waals surface area contributed by atoms with Crippen molar-refractivity contribution < 1.29 is 9.90 Å². The van der Waals surface area contributed by atoms with E-state index in [-0.39, 0.29) is 0 Å². The van der Waals surface area contributed by atoms with Gasteiger partial charge in [-0.05, 0) is 43.0 Å². The van der Waals surface area contributed by atoms with Gasteiger partial charge in [-0.15, -0.1) is 0 Å². The van der Waals surface area contributed by atoms with E-state index < -0.39 is 5.97 Å². The fourth-order valence-corrected chi connectivity index (χ4v) is 2.62. The number of aromatic carboxylic acids is 1. The molecular weight excluding hydrogens is 244 g/mol. The monoisotopic (exact) mass is 256 g/mol. The predicted molar refractivity (Wildman–Crippen MR) is 60.2 cm³/mol. The van der Waals surface area contributed by atoms with Crippen LogP contribution in [-0.4, -0.2) is 11.1 Å². The summed E-state index contributed by atoms with van der Waals surface area (Å²) in [5, 5.41) is 9.74. The second-order valence-electron chi connectivity index (χ2n) is 3.43. The van der Waals surface area contributed by atoms with Crippen LogP contribution in [0.25, 0.3) is 0 Å². The molecular formula is C11H13BrO2. The number of aryl methyl sites for hydroxylation is 2. The van der Waals surface area contributed by atoms with Crippen molar-refractivity contribution in [3.8, 4) is 0 Å². The Morgan fingerprint density at radius 2 is 1.93 bits per heavy atom. The SMILES string of the molecule is Cc1cc(C)c(C(=O)O)c(C)c1CBr. The van der Waals surface area contributed by atoms with Crippen molar-refractivity contribution in [2.75, 3.05) is 0 Å². The predicted octanol–water partition coefficient (Wildman–Crippen LogP) is 3.20. The second kappa shape index (κ2) is 4.13. The van der Waals surface area contributed by atoms with Gasteiger partial charge in [-0.3, -0.25) is 0 Å². The third-order valence-corrected chi connectivity index (χ3v) is 3.04. The summed E-state index contributed by atoms with van der Waals surface area (Å²) < 4.78 is 0. The molecule has 76 valence electrons. The van der Waals surface area contributed by atoms with Gasteiger partial charge in [0.2, 0.25) is 0 Å². The summed E-state index contributed by atoms with van der Waals surface area (Å²) in [6.45, 7) is 5.70. The van der Waals surface area contributed by atoms with Crippen molar-refractivity contribution in [2.45, 2.75) is 26.1 Å². The average Bonchev–Trinajstić information content (AvgIpc) is 2.02. The molecule has 0 radical (unpaired) electrons. The van der Waals surface area contributed by atoms with E-state index in [9.17, 15) is 4.79 Å². The Bertz CT molecular complexity index is 383. The number of hydrogen-bond donors (Lipinski definition) is 1. The molecule has 0 aliphatic heterocycles. The minimum absolute atomic E-state index is 0.435. The van der Waals surface area contributed by atoms with Gasteiger partial charge in [-0.25, -0.2) is 4.79 Å². The Labute approximate surface area is 92.1 Å². The first kappa shape index (κ1) is 11.2. The van der Waals surface area contributed by atoms with E-state index in [0.717, 1.165) is 22.3 Å². The van der Waals surface area contributed by atoms with Gasteiger partial charge in [0, 0.05) is 5.33 Å². The Morgan fingerprint density at radius 3 is 2.36 bits per heavy atom. The van der Waals surface area contributed by atoms with Gasteiger partial charge >= 0.3 is 5.97 Å². The van der Waals surface area contributed by atoms with Gasteiger partial charge in [0.15, 0.2) is 0 Å². The highest BCUT2D eigenvalue weighted by molar-refractivity contribution is 9.08. The molecule has 14 heavy (non-hydrogen) atoms. The molecule has 1 rings (SSSR count). The zero-order chi connectivity index (χ0) is 10.9. The summed E-state index contributed by atoms with van der Waals surface area (Å²) in [6, 6.07) is 1.92. The number of carboxylic acid groups (broad SMARTS) is 1. The second-order valence-corrected chi connectivity index (χ2v) is 3.99. The van der Waals surface area contributed by atoms with Crippen LogP contribution in [0, 0.1) is 20.8 Å². The topological polar surface area (TPSA) is 37.3 Å². The normalized spacial score (nSPS) is 10.3. The van der Waals surface area contributed by atoms with E-state index in [1.807, 2.05) is 26.8 Å². The van der Waals surface area contributed by atoms with Crippen LogP contribution in [-0.2, 0) is 5.33 Å². The van der Waals surface area contributed by atoms with Crippen LogP contribution in [0.15, 0.2) is 6.07 Å². The number of alkyl halides is 1. The fraction of sp³-hybridized carbons (Fsp3) is 0.364. The maximum Gasteiger partial charge on any atom is 0.336 e. The highest BCUT2D eigenvalue weighted by atomic mass is 79.9. The molecule has 0 aliphatic carbocycles. The Kier molecular flexibility index (Phi) is 3.32. The lowest BCUT2D eigenvalue weighted by molar-refractivity contribution is 0.0695. The van der Waals surface area contributed by atoms with Crippen LogP contribution < -0.4 is 0 Å². The molecule has 0 saturated heterocycles. The van der Waals surface area contributed by atoms with E-state index in [1.54, 1.807) is 0 Å². The molecule has 0 saturated carbocycles. The maximum atomic E-state index is 11.0. The van der Waals surface area contributed by atoms with E-state index >= 15 is 0 Å². The van der Waals surface area contributed by atoms with Crippen molar-refractivity contribution in [1.82, 2.24) is 0 Å². The third kappa shape index (κ3) is 1.82. The van der Waals surface area contributed by atoms with Crippen molar-refractivity contribution in [3.63, 3.8) is 0 Å². The Morgan fingerprint density at radius 1 is 1.36 bits per heavy atom. The Hall–Kier alpha value is -0.830. The van der Waals surface area contributed by atoms with E-state index in [1.165, 1.54) is 0 Å². The van der Waals surface area contributed by atoms with Gasteiger partial charge in [0.1, 0.15) is 0 Å². The summed E-state index contributed by atoms with van der Waals surface area (Å²) in [5.41, 5.74) is 4.35. The number of rotatable bonds is 2. The molecule has 0 aromatic heterocycles. The largest absolute Gasteiger partial charge is 0.478 e. The molecule has 1 aromatic rings. The molecule has 2 nitrogen and oxygen atoms in total. The molecule has 1 aromatic carbocycles. The van der Waals surface area contributed by atoms with E-state index in [0.29, 0.717) is 10.9 Å². The van der Waals surface area contributed by atoms with Crippen LogP contribution in [0.4, 0.5) is 0 Å². The first-order valence-corrected chi connectivity index (χ1v) is 5.50. The lowest BCUT2D eigenvalue weighted by Crippen LogP contribution is -2.06. The molecule has 3 heteroatoms. The summed E-state index contributed by atoms with van der Waals surface area (Å²) in [5.74, 6) is -0.845. The van der Waals surface area contributed by atoms with Gasteiger partial charge in [0.05, 0.1) is 5.56 Å². The van der Waals surface area contributed by atoms with Crippen molar-refractivity contribution in [2.24, 2.45) is 0 Å². The van der Waals surface area contributed by atoms with Gasteiger partial charge in [-0.1, -0.05) is 22.0 Å². The lowest BCUT2D eigenvalue weighted by atomic mass is 9.94. The van der Waals surface area contributed by atoms with E-state index in [2.05, 4.69) is 15.9 Å². The highest BCUT2D eigenvalue weighted by Gasteiger charge is 2.15. The van der Waals surface area contributed by atoms with Crippen LogP contribution in [0.5, 0.6) is 0 Å². The number of hydrogen-bond acceptors (Lipinski definition) is 1. The van der Waals surface area contributed by atoms with E-state index in [4.69, 9.17) is 5.11 Å². The number of carbonyl (C=O) groups is 1. The summed E-state index contributed by atoms with van der Waals surface area (Å²) in [4.78, 5) is 11.0. The third-order valence-electron chi connectivity index (χ3n) is 2.48. The number of carboxylic acids is 1. The van der Waals surface area contributed by atoms with Crippen LogP contribution in [0.2, 0.25) is 0 Å². The zero-order valence-electron chi connectivity index (χ0n) is 8.52. The minimum atomic E-state index is -0.845. The molecule has 0 fully saturated rings.